The lowest BCUT2D eigenvalue weighted by Crippen LogP contribution is -2.58. The molecule has 1 saturated heterocycles. The van der Waals surface area contributed by atoms with Crippen LogP contribution in [0.2, 0.25) is 0 Å². The number of carbonyl (C=O) groups is 1. The van der Waals surface area contributed by atoms with Crippen LogP contribution in [-0.4, -0.2) is 42.1 Å². The predicted octanol–water partition coefficient (Wildman–Crippen LogP) is 1.92. The minimum absolute atomic E-state index is 0.103. The fourth-order valence-electron chi connectivity index (χ4n) is 3.68. The summed E-state index contributed by atoms with van der Waals surface area (Å²) in [6.07, 6.45) is 5.51. The van der Waals surface area contributed by atoms with Gasteiger partial charge in [-0.25, -0.2) is 0 Å². The lowest BCUT2D eigenvalue weighted by molar-refractivity contribution is -0.168. The predicted molar refractivity (Wildman–Crippen MR) is 75.8 cm³/mol. The Labute approximate surface area is 116 Å². The van der Waals surface area contributed by atoms with E-state index in [0.29, 0.717) is 19.6 Å². The maximum Gasteiger partial charge on any atom is 0.230 e. The highest BCUT2D eigenvalue weighted by Gasteiger charge is 2.44. The molecule has 1 amide bonds. The molecule has 19 heavy (non-hydrogen) atoms. The lowest BCUT2D eigenvalue weighted by Gasteiger charge is -2.46. The van der Waals surface area contributed by atoms with Gasteiger partial charge in [0.2, 0.25) is 5.91 Å². The number of nitrogens with zero attached hydrogens (tertiary/aromatic N) is 1. The van der Waals surface area contributed by atoms with Crippen molar-refractivity contribution in [3.05, 3.63) is 0 Å². The maximum atomic E-state index is 12.9. The van der Waals surface area contributed by atoms with Crippen molar-refractivity contribution in [2.45, 2.75) is 64.6 Å². The number of hydrogen-bond donors (Lipinski definition) is 1. The summed E-state index contributed by atoms with van der Waals surface area (Å²) in [6.45, 7) is 8.01. The summed E-state index contributed by atoms with van der Waals surface area (Å²) < 4.78 is 5.88. The van der Waals surface area contributed by atoms with Gasteiger partial charge in [-0.15, -0.1) is 0 Å². The van der Waals surface area contributed by atoms with Crippen LogP contribution in [0.15, 0.2) is 0 Å². The van der Waals surface area contributed by atoms with Crippen molar-refractivity contribution < 1.29 is 9.53 Å². The molecule has 1 aliphatic heterocycles. The molecule has 0 radical (unpaired) electrons. The summed E-state index contributed by atoms with van der Waals surface area (Å²) in [4.78, 5) is 14.9. The molecule has 1 aliphatic carbocycles. The maximum absolute atomic E-state index is 12.9. The number of amides is 1. The summed E-state index contributed by atoms with van der Waals surface area (Å²) >= 11 is 0. The smallest absolute Gasteiger partial charge is 0.230 e. The molecular formula is C15H28N2O2. The third-order valence-electron chi connectivity index (χ3n) is 4.51. The molecule has 4 nitrogen and oxygen atoms in total. The third kappa shape index (κ3) is 3.11. The first-order chi connectivity index (χ1) is 8.88. The van der Waals surface area contributed by atoms with Crippen LogP contribution in [0.25, 0.3) is 0 Å². The molecule has 0 spiro atoms. The van der Waals surface area contributed by atoms with Crippen LogP contribution in [0.4, 0.5) is 0 Å². The highest BCUT2D eigenvalue weighted by atomic mass is 16.5. The topological polar surface area (TPSA) is 55.6 Å². The quantitative estimate of drug-likeness (QED) is 0.832. The van der Waals surface area contributed by atoms with Crippen molar-refractivity contribution in [2.24, 2.45) is 11.1 Å². The van der Waals surface area contributed by atoms with Crippen LogP contribution >= 0.6 is 0 Å². The molecule has 0 aromatic carbocycles. The van der Waals surface area contributed by atoms with E-state index >= 15 is 0 Å². The lowest BCUT2D eigenvalue weighted by atomic mass is 9.72. The number of nitrogens with two attached hydrogens (primary N) is 1. The van der Waals surface area contributed by atoms with E-state index in [4.69, 9.17) is 10.5 Å². The average Bonchev–Trinajstić information content (AvgIpc) is 2.36. The normalized spacial score (nSPS) is 30.1. The molecule has 1 heterocycles. The molecule has 2 N–H and O–H groups in total. The van der Waals surface area contributed by atoms with Gasteiger partial charge >= 0.3 is 0 Å². The van der Waals surface area contributed by atoms with Gasteiger partial charge in [-0.1, -0.05) is 19.3 Å². The van der Waals surface area contributed by atoms with E-state index in [-0.39, 0.29) is 23.0 Å². The van der Waals surface area contributed by atoms with Crippen molar-refractivity contribution in [1.82, 2.24) is 4.90 Å². The molecule has 0 aromatic rings. The van der Waals surface area contributed by atoms with Crippen molar-refractivity contribution in [2.75, 3.05) is 19.6 Å². The van der Waals surface area contributed by atoms with Gasteiger partial charge in [0.05, 0.1) is 17.1 Å². The van der Waals surface area contributed by atoms with Gasteiger partial charge in [-0.2, -0.15) is 0 Å². The largest absolute Gasteiger partial charge is 0.369 e. The first kappa shape index (κ1) is 14.8. The Morgan fingerprint density at radius 1 is 1.32 bits per heavy atom. The van der Waals surface area contributed by atoms with E-state index in [1.807, 2.05) is 11.8 Å². The number of rotatable bonds is 2. The molecule has 2 fully saturated rings. The van der Waals surface area contributed by atoms with Gasteiger partial charge in [0.1, 0.15) is 0 Å². The molecule has 0 aromatic heterocycles. The van der Waals surface area contributed by atoms with Crippen molar-refractivity contribution in [3.63, 3.8) is 0 Å². The zero-order chi connectivity index (χ0) is 14.1. The number of ether oxygens (including phenoxy) is 1. The Morgan fingerprint density at radius 2 is 1.95 bits per heavy atom. The summed E-state index contributed by atoms with van der Waals surface area (Å²) in [5, 5.41) is 0. The highest BCUT2D eigenvalue weighted by Crippen LogP contribution is 2.38. The monoisotopic (exact) mass is 268 g/mol. The Kier molecular flexibility index (Phi) is 4.21. The second-order valence-corrected chi connectivity index (χ2v) is 6.92. The van der Waals surface area contributed by atoms with E-state index in [0.717, 1.165) is 25.7 Å². The highest BCUT2D eigenvalue weighted by molar-refractivity contribution is 5.83. The third-order valence-corrected chi connectivity index (χ3v) is 4.51. The average molecular weight is 268 g/mol. The standard InChI is InChI=1S/C15H28N2O2/c1-12-9-17(11-14(2,3)19-12)13(18)15(10-16)7-5-4-6-8-15/h12H,4-11,16H2,1-3H3. The number of carbonyl (C=O) groups excluding carboxylic acids is 1. The van der Waals surface area contributed by atoms with Gasteiger partial charge in [-0.05, 0) is 33.6 Å². The van der Waals surface area contributed by atoms with Crippen LogP contribution in [0.1, 0.15) is 52.9 Å². The van der Waals surface area contributed by atoms with Crippen LogP contribution in [0, 0.1) is 5.41 Å². The van der Waals surface area contributed by atoms with Crippen molar-refractivity contribution in [1.29, 1.82) is 0 Å². The van der Waals surface area contributed by atoms with E-state index < -0.39 is 0 Å². The van der Waals surface area contributed by atoms with E-state index in [1.54, 1.807) is 0 Å². The minimum Gasteiger partial charge on any atom is -0.369 e. The van der Waals surface area contributed by atoms with Crippen molar-refractivity contribution >= 4 is 5.91 Å². The fraction of sp³-hybridized carbons (Fsp3) is 0.933. The van der Waals surface area contributed by atoms with Gasteiger partial charge in [0, 0.05) is 19.6 Å². The molecule has 1 unspecified atom stereocenters. The van der Waals surface area contributed by atoms with E-state index in [2.05, 4.69) is 13.8 Å². The Hall–Kier alpha value is -0.610. The second-order valence-electron chi connectivity index (χ2n) is 6.92. The molecule has 1 saturated carbocycles. The first-order valence-corrected chi connectivity index (χ1v) is 7.56. The number of morpholine rings is 1. The van der Waals surface area contributed by atoms with Gasteiger partial charge in [-0.3, -0.25) is 4.79 Å². The van der Waals surface area contributed by atoms with Crippen LogP contribution in [-0.2, 0) is 9.53 Å². The summed E-state index contributed by atoms with van der Waals surface area (Å²) in [6, 6.07) is 0. The zero-order valence-electron chi connectivity index (χ0n) is 12.6. The van der Waals surface area contributed by atoms with Gasteiger partial charge in [0.15, 0.2) is 0 Å². The Morgan fingerprint density at radius 3 is 2.47 bits per heavy atom. The summed E-state index contributed by atoms with van der Waals surface area (Å²) in [5.41, 5.74) is 5.42. The van der Waals surface area contributed by atoms with Gasteiger partial charge < -0.3 is 15.4 Å². The van der Waals surface area contributed by atoms with Crippen LogP contribution in [0.3, 0.4) is 0 Å². The van der Waals surface area contributed by atoms with Crippen LogP contribution in [0.5, 0.6) is 0 Å². The fourth-order valence-corrected chi connectivity index (χ4v) is 3.68. The Bertz CT molecular complexity index is 335. The number of hydrogen-bond acceptors (Lipinski definition) is 3. The molecule has 1 atom stereocenters. The molecule has 4 heteroatoms. The van der Waals surface area contributed by atoms with Crippen LogP contribution < -0.4 is 5.73 Å². The summed E-state index contributed by atoms with van der Waals surface area (Å²) in [7, 11) is 0. The van der Waals surface area contributed by atoms with Gasteiger partial charge in [0.25, 0.3) is 0 Å². The molecular weight excluding hydrogens is 240 g/mol. The second kappa shape index (κ2) is 5.41. The minimum atomic E-state index is -0.300. The molecule has 2 rings (SSSR count). The Balaban J connectivity index is 2.13. The van der Waals surface area contributed by atoms with Crippen molar-refractivity contribution in [3.8, 4) is 0 Å². The molecule has 0 bridgehead atoms. The molecule has 110 valence electrons. The van der Waals surface area contributed by atoms with E-state index in [1.165, 1.54) is 6.42 Å². The first-order valence-electron chi connectivity index (χ1n) is 7.56. The van der Waals surface area contributed by atoms with E-state index in [9.17, 15) is 4.79 Å². The molecule has 2 aliphatic rings. The zero-order valence-corrected chi connectivity index (χ0v) is 12.6. The SMILES string of the molecule is CC1CN(C(=O)C2(CN)CCCCC2)CC(C)(C)O1. The summed E-state index contributed by atoms with van der Waals surface area (Å²) in [5.74, 6) is 0.262.